The third-order valence-electron chi connectivity index (χ3n) is 2.86. The van der Waals surface area contributed by atoms with Crippen molar-refractivity contribution in [2.24, 2.45) is 5.10 Å². The number of hydrazone groups is 1. The Balaban J connectivity index is 2.18. The summed E-state index contributed by atoms with van der Waals surface area (Å²) >= 11 is 15.0. The first-order valence-corrected chi connectivity index (χ1v) is 7.72. The Morgan fingerprint density at radius 2 is 1.95 bits per heavy atom. The van der Waals surface area contributed by atoms with Gasteiger partial charge in [0.1, 0.15) is 5.75 Å². The highest BCUT2D eigenvalue weighted by Crippen LogP contribution is 2.24. The van der Waals surface area contributed by atoms with Gasteiger partial charge in [-0.15, -0.1) is 0 Å². The van der Waals surface area contributed by atoms with E-state index < -0.39 is 5.91 Å². The number of nitrogens with zero attached hydrogens (tertiary/aromatic N) is 1. The summed E-state index contributed by atoms with van der Waals surface area (Å²) in [5.74, 6) is -0.354. The standard InChI is InChI=1S/C15H11BrCl2N2O2/c1-8(11-7-10(17)3-5-14(11)21)19-20-15(22)9-2-4-13(18)12(16)6-9/h2-7,21H,1H3,(H,20,22)/b19-8+. The zero-order valence-electron chi connectivity index (χ0n) is 11.4. The zero-order valence-corrected chi connectivity index (χ0v) is 14.5. The summed E-state index contributed by atoms with van der Waals surface area (Å²) in [6.45, 7) is 1.66. The molecule has 0 fully saturated rings. The highest BCUT2D eigenvalue weighted by atomic mass is 79.9. The van der Waals surface area contributed by atoms with E-state index in [-0.39, 0.29) is 5.75 Å². The average Bonchev–Trinajstić information content (AvgIpc) is 2.49. The fraction of sp³-hybridized carbons (Fsp3) is 0.0667. The molecule has 114 valence electrons. The molecular formula is C15H11BrCl2N2O2. The summed E-state index contributed by atoms with van der Waals surface area (Å²) in [5, 5.41) is 14.7. The first kappa shape index (κ1) is 16.8. The molecule has 4 nitrogen and oxygen atoms in total. The Bertz CT molecular complexity index is 763. The van der Waals surface area contributed by atoms with Gasteiger partial charge in [0.05, 0.1) is 10.7 Å². The van der Waals surface area contributed by atoms with Gasteiger partial charge in [0, 0.05) is 20.6 Å². The van der Waals surface area contributed by atoms with Crippen molar-refractivity contribution >= 4 is 50.8 Å². The molecule has 1 amide bonds. The van der Waals surface area contributed by atoms with Gasteiger partial charge in [-0.2, -0.15) is 5.10 Å². The summed E-state index contributed by atoms with van der Waals surface area (Å²) in [6, 6.07) is 9.40. The molecule has 0 aliphatic carbocycles. The topological polar surface area (TPSA) is 61.7 Å². The molecule has 0 saturated heterocycles. The lowest BCUT2D eigenvalue weighted by Gasteiger charge is -2.06. The van der Waals surface area contributed by atoms with Crippen molar-refractivity contribution in [3.63, 3.8) is 0 Å². The summed E-state index contributed by atoms with van der Waals surface area (Å²) in [4.78, 5) is 12.0. The Morgan fingerprint density at radius 1 is 1.23 bits per heavy atom. The molecule has 2 rings (SSSR count). The summed E-state index contributed by atoms with van der Waals surface area (Å²) < 4.78 is 0.620. The molecule has 7 heteroatoms. The number of phenols is 1. The number of rotatable bonds is 3. The van der Waals surface area contributed by atoms with Crippen LogP contribution in [0.3, 0.4) is 0 Å². The summed E-state index contributed by atoms with van der Waals surface area (Å²) in [6.07, 6.45) is 0. The number of benzene rings is 2. The Labute approximate surface area is 145 Å². The number of halogens is 3. The fourth-order valence-electron chi connectivity index (χ4n) is 1.69. The predicted molar refractivity (Wildman–Crippen MR) is 91.9 cm³/mol. The van der Waals surface area contributed by atoms with E-state index in [0.717, 1.165) is 0 Å². The van der Waals surface area contributed by atoms with Gasteiger partial charge >= 0.3 is 0 Å². The third kappa shape index (κ3) is 4.00. The minimum atomic E-state index is -0.391. The predicted octanol–water partition coefficient (Wildman–Crippen LogP) is 4.62. The molecule has 0 bridgehead atoms. The lowest BCUT2D eigenvalue weighted by Crippen LogP contribution is -2.19. The quantitative estimate of drug-likeness (QED) is 0.582. The van der Waals surface area contributed by atoms with Crippen LogP contribution < -0.4 is 5.43 Å². The van der Waals surface area contributed by atoms with Gasteiger partial charge in [-0.3, -0.25) is 4.79 Å². The maximum atomic E-state index is 12.0. The number of hydrogen-bond acceptors (Lipinski definition) is 3. The van der Waals surface area contributed by atoms with Crippen LogP contribution in [-0.4, -0.2) is 16.7 Å². The number of nitrogens with one attached hydrogen (secondary N) is 1. The molecule has 2 aromatic carbocycles. The van der Waals surface area contributed by atoms with Gasteiger partial charge in [0.25, 0.3) is 5.91 Å². The van der Waals surface area contributed by atoms with E-state index in [1.165, 1.54) is 6.07 Å². The van der Waals surface area contributed by atoms with Gasteiger partial charge in [-0.25, -0.2) is 5.43 Å². The number of phenolic OH excluding ortho intramolecular Hbond substituents is 1. The molecular weight excluding hydrogens is 391 g/mol. The zero-order chi connectivity index (χ0) is 16.3. The number of hydrogen-bond donors (Lipinski definition) is 2. The first-order valence-electron chi connectivity index (χ1n) is 6.17. The fourth-order valence-corrected chi connectivity index (χ4v) is 2.36. The van der Waals surface area contributed by atoms with Crippen molar-refractivity contribution < 1.29 is 9.90 Å². The molecule has 0 aromatic heterocycles. The molecule has 2 N–H and O–H groups in total. The van der Waals surface area contributed by atoms with Crippen molar-refractivity contribution in [3.05, 3.63) is 62.0 Å². The molecule has 0 spiro atoms. The largest absolute Gasteiger partial charge is 0.507 e. The first-order chi connectivity index (χ1) is 10.4. The highest BCUT2D eigenvalue weighted by molar-refractivity contribution is 9.10. The van der Waals surface area contributed by atoms with Crippen molar-refractivity contribution in [1.29, 1.82) is 0 Å². The lowest BCUT2D eigenvalue weighted by molar-refractivity contribution is 0.0954. The van der Waals surface area contributed by atoms with Crippen LogP contribution in [0, 0.1) is 0 Å². The number of amides is 1. The van der Waals surface area contributed by atoms with Gasteiger partial charge < -0.3 is 5.11 Å². The number of carbonyl (C=O) groups excluding carboxylic acids is 1. The third-order valence-corrected chi connectivity index (χ3v) is 4.30. The smallest absolute Gasteiger partial charge is 0.271 e. The van der Waals surface area contributed by atoms with E-state index in [1.807, 2.05) is 0 Å². The van der Waals surface area contributed by atoms with E-state index in [0.29, 0.717) is 31.4 Å². The Morgan fingerprint density at radius 3 is 2.64 bits per heavy atom. The second-order valence-electron chi connectivity index (χ2n) is 4.43. The molecule has 22 heavy (non-hydrogen) atoms. The van der Waals surface area contributed by atoms with Gasteiger partial charge in [-0.1, -0.05) is 23.2 Å². The van der Waals surface area contributed by atoms with Crippen LogP contribution in [0.25, 0.3) is 0 Å². The van der Waals surface area contributed by atoms with Crippen molar-refractivity contribution in [3.8, 4) is 5.75 Å². The monoisotopic (exact) mass is 400 g/mol. The molecule has 0 aliphatic rings. The molecule has 0 saturated carbocycles. The maximum Gasteiger partial charge on any atom is 0.271 e. The van der Waals surface area contributed by atoms with E-state index in [2.05, 4.69) is 26.5 Å². The number of carbonyl (C=O) groups is 1. The molecule has 0 heterocycles. The minimum Gasteiger partial charge on any atom is -0.507 e. The van der Waals surface area contributed by atoms with Crippen LogP contribution >= 0.6 is 39.1 Å². The maximum absolute atomic E-state index is 12.0. The van der Waals surface area contributed by atoms with Gasteiger partial charge in [0.2, 0.25) is 0 Å². The molecule has 0 radical (unpaired) electrons. The van der Waals surface area contributed by atoms with Crippen LogP contribution in [0.15, 0.2) is 46.0 Å². The lowest BCUT2D eigenvalue weighted by atomic mass is 10.1. The summed E-state index contributed by atoms with van der Waals surface area (Å²) in [5.41, 5.74) is 3.71. The summed E-state index contributed by atoms with van der Waals surface area (Å²) in [7, 11) is 0. The van der Waals surface area contributed by atoms with E-state index in [9.17, 15) is 9.90 Å². The van der Waals surface area contributed by atoms with Crippen LogP contribution in [0.5, 0.6) is 5.75 Å². The second kappa shape index (κ2) is 7.13. The molecule has 2 aromatic rings. The van der Waals surface area contributed by atoms with Crippen LogP contribution in [0.1, 0.15) is 22.8 Å². The van der Waals surface area contributed by atoms with Crippen LogP contribution in [0.4, 0.5) is 0 Å². The molecule has 0 atom stereocenters. The van der Waals surface area contributed by atoms with Crippen molar-refractivity contribution in [2.75, 3.05) is 0 Å². The van der Waals surface area contributed by atoms with Crippen LogP contribution in [-0.2, 0) is 0 Å². The molecule has 0 aliphatic heterocycles. The average molecular weight is 402 g/mol. The van der Waals surface area contributed by atoms with E-state index in [4.69, 9.17) is 23.2 Å². The van der Waals surface area contributed by atoms with Crippen molar-refractivity contribution in [2.45, 2.75) is 6.92 Å². The highest BCUT2D eigenvalue weighted by Gasteiger charge is 2.09. The Kier molecular flexibility index (Phi) is 5.45. The molecule has 0 unspecified atom stereocenters. The van der Waals surface area contributed by atoms with Gasteiger partial charge in [-0.05, 0) is 59.3 Å². The minimum absolute atomic E-state index is 0.0362. The normalized spacial score (nSPS) is 11.4. The van der Waals surface area contributed by atoms with Crippen molar-refractivity contribution in [1.82, 2.24) is 5.43 Å². The van der Waals surface area contributed by atoms with E-state index in [1.54, 1.807) is 37.3 Å². The second-order valence-corrected chi connectivity index (χ2v) is 6.13. The van der Waals surface area contributed by atoms with E-state index >= 15 is 0 Å². The number of aromatic hydroxyl groups is 1. The van der Waals surface area contributed by atoms with Crippen LogP contribution in [0.2, 0.25) is 10.0 Å². The SMILES string of the molecule is C/C(=N\NC(=O)c1ccc(Cl)c(Br)c1)c1cc(Cl)ccc1O. The van der Waals surface area contributed by atoms with Gasteiger partial charge in [0.15, 0.2) is 0 Å². The Hall–Kier alpha value is -1.56.